The molecule has 152 valence electrons. The van der Waals surface area contributed by atoms with Crippen molar-refractivity contribution in [1.82, 2.24) is 19.9 Å². The molecule has 0 aliphatic carbocycles. The normalized spacial score (nSPS) is 12.8. The highest BCUT2D eigenvalue weighted by atomic mass is 35.5. The van der Waals surface area contributed by atoms with Crippen LogP contribution in [0.5, 0.6) is 0 Å². The number of aromatic carboxylic acids is 1. The van der Waals surface area contributed by atoms with E-state index in [9.17, 15) is 19.5 Å². The number of rotatable bonds is 6. The van der Waals surface area contributed by atoms with E-state index >= 15 is 0 Å². The van der Waals surface area contributed by atoms with Crippen LogP contribution in [0.2, 0.25) is 5.28 Å². The van der Waals surface area contributed by atoms with Crippen LogP contribution in [-0.2, 0) is 9.53 Å². The molecule has 2 rings (SSSR count). The van der Waals surface area contributed by atoms with E-state index < -0.39 is 29.5 Å². The van der Waals surface area contributed by atoms with E-state index in [2.05, 4.69) is 15.3 Å². The van der Waals surface area contributed by atoms with Crippen LogP contribution in [0.4, 0.5) is 4.79 Å². The minimum absolute atomic E-state index is 0.0642. The first-order chi connectivity index (χ1) is 12.9. The molecule has 9 nitrogen and oxygen atoms in total. The van der Waals surface area contributed by atoms with Gasteiger partial charge in [-0.2, -0.15) is 4.98 Å². The van der Waals surface area contributed by atoms with Crippen LogP contribution >= 0.6 is 11.6 Å². The zero-order chi connectivity index (χ0) is 21.2. The summed E-state index contributed by atoms with van der Waals surface area (Å²) in [6.07, 6.45) is 0.665. The molecule has 0 bridgehead atoms. The van der Waals surface area contributed by atoms with E-state index in [4.69, 9.17) is 16.3 Å². The first-order valence-corrected chi connectivity index (χ1v) is 9.05. The number of amides is 1. The van der Waals surface area contributed by atoms with Crippen molar-refractivity contribution in [2.45, 2.75) is 46.3 Å². The molecular weight excluding hydrogens is 388 g/mol. The Morgan fingerprint density at radius 3 is 2.50 bits per heavy atom. The summed E-state index contributed by atoms with van der Waals surface area (Å²) in [5.41, 5.74) is -0.580. The Balaban J connectivity index is 2.39. The molecule has 0 aliphatic heterocycles. The number of ether oxygens (including phenoxy) is 1. The van der Waals surface area contributed by atoms with Gasteiger partial charge in [0.2, 0.25) is 5.28 Å². The summed E-state index contributed by atoms with van der Waals surface area (Å²) in [6, 6.07) is 0.502. The number of hydrogen-bond acceptors (Lipinski definition) is 6. The van der Waals surface area contributed by atoms with Crippen molar-refractivity contribution < 1.29 is 24.2 Å². The van der Waals surface area contributed by atoms with Gasteiger partial charge in [-0.15, -0.1) is 0 Å². The van der Waals surface area contributed by atoms with Gasteiger partial charge in [-0.1, -0.05) is 13.8 Å². The van der Waals surface area contributed by atoms with Gasteiger partial charge in [0.25, 0.3) is 0 Å². The molecule has 0 aromatic carbocycles. The largest absolute Gasteiger partial charge is 0.477 e. The molecule has 0 saturated carbocycles. The first-order valence-electron chi connectivity index (χ1n) is 8.67. The molecule has 2 N–H and O–H groups in total. The molecule has 0 spiro atoms. The van der Waals surface area contributed by atoms with Crippen LogP contribution in [0, 0.1) is 5.92 Å². The molecule has 1 unspecified atom stereocenters. The number of carboxylic acids is 1. The van der Waals surface area contributed by atoms with Crippen molar-refractivity contribution in [3.05, 3.63) is 23.2 Å². The summed E-state index contributed by atoms with van der Waals surface area (Å²) < 4.78 is 6.45. The third-order valence-corrected chi connectivity index (χ3v) is 3.99. The molecule has 0 radical (unpaired) electrons. The predicted octanol–water partition coefficient (Wildman–Crippen LogP) is 3.07. The predicted molar refractivity (Wildman–Crippen MR) is 103 cm³/mol. The van der Waals surface area contributed by atoms with Crippen LogP contribution < -0.4 is 5.32 Å². The lowest BCUT2D eigenvalue weighted by Gasteiger charge is -2.24. The van der Waals surface area contributed by atoms with Gasteiger partial charge in [-0.3, -0.25) is 4.79 Å². The van der Waals surface area contributed by atoms with Crippen molar-refractivity contribution in [1.29, 1.82) is 0 Å². The highest BCUT2D eigenvalue weighted by Gasteiger charge is 2.31. The van der Waals surface area contributed by atoms with E-state index in [1.165, 1.54) is 16.8 Å². The molecule has 2 aromatic heterocycles. The summed E-state index contributed by atoms with van der Waals surface area (Å²) >= 11 is 5.87. The molecule has 10 heteroatoms. The number of carbonyl (C=O) groups is 3. The number of fused-ring (bicyclic) bond motifs is 1. The summed E-state index contributed by atoms with van der Waals surface area (Å²) in [4.78, 5) is 44.4. The van der Waals surface area contributed by atoms with Crippen LogP contribution in [0.1, 0.15) is 51.1 Å². The van der Waals surface area contributed by atoms with Crippen molar-refractivity contribution in [2.75, 3.05) is 6.54 Å². The van der Waals surface area contributed by atoms with Crippen molar-refractivity contribution in [3.8, 4) is 0 Å². The van der Waals surface area contributed by atoms with Crippen LogP contribution in [0.15, 0.2) is 12.3 Å². The third kappa shape index (κ3) is 4.98. The lowest BCUT2D eigenvalue weighted by atomic mass is 9.99. The van der Waals surface area contributed by atoms with Crippen LogP contribution in [0.3, 0.4) is 0 Å². The smallest absolute Gasteiger partial charge is 0.408 e. The third-order valence-electron chi connectivity index (χ3n) is 3.81. The minimum atomic E-state index is -1.22. The number of hydrogen-bond donors (Lipinski definition) is 2. The van der Waals surface area contributed by atoms with Crippen molar-refractivity contribution in [2.24, 2.45) is 5.92 Å². The second kappa shape index (κ2) is 8.14. The average Bonchev–Trinajstić information content (AvgIpc) is 2.90. The lowest BCUT2D eigenvalue weighted by molar-refractivity contribution is -0.122. The molecule has 0 saturated heterocycles. The fourth-order valence-corrected chi connectivity index (χ4v) is 2.95. The molecule has 28 heavy (non-hydrogen) atoms. The zero-order valence-electron chi connectivity index (χ0n) is 16.3. The van der Waals surface area contributed by atoms with Gasteiger partial charge >= 0.3 is 12.1 Å². The lowest BCUT2D eigenvalue weighted by Crippen LogP contribution is -2.39. The number of alkyl carbamates (subject to hydrolysis) is 1. The molecule has 1 atom stereocenters. The average molecular weight is 411 g/mol. The molecule has 0 aliphatic rings. The van der Waals surface area contributed by atoms with Gasteiger partial charge in [-0.05, 0) is 44.4 Å². The quantitative estimate of drug-likeness (QED) is 0.701. The molecule has 1 amide bonds. The van der Waals surface area contributed by atoms with Gasteiger partial charge < -0.3 is 19.7 Å². The van der Waals surface area contributed by atoms with E-state index in [1.54, 1.807) is 34.6 Å². The Morgan fingerprint density at radius 2 is 1.96 bits per heavy atom. The van der Waals surface area contributed by atoms with E-state index in [0.717, 1.165) is 0 Å². The number of aromatic nitrogens is 3. The Kier molecular flexibility index (Phi) is 6.28. The molecule has 2 aromatic rings. The fourth-order valence-electron chi connectivity index (χ4n) is 2.83. The second-order valence-electron chi connectivity index (χ2n) is 7.63. The Morgan fingerprint density at radius 1 is 1.32 bits per heavy atom. The maximum absolute atomic E-state index is 12.9. The Hall–Kier alpha value is -2.68. The number of ketones is 1. The number of carbonyl (C=O) groups excluding carboxylic acids is 2. The van der Waals surface area contributed by atoms with Crippen molar-refractivity contribution >= 4 is 40.5 Å². The number of halogens is 1. The number of nitrogens with zero attached hydrogens (tertiary/aromatic N) is 3. The number of carboxylic acid groups (broad SMARTS) is 1. The monoisotopic (exact) mass is 410 g/mol. The van der Waals surface area contributed by atoms with E-state index in [-0.39, 0.29) is 29.1 Å². The topological polar surface area (TPSA) is 123 Å². The molecule has 2 heterocycles. The maximum Gasteiger partial charge on any atom is 0.408 e. The summed E-state index contributed by atoms with van der Waals surface area (Å²) in [5, 5.41) is 12.4. The van der Waals surface area contributed by atoms with Crippen LogP contribution in [-0.4, -0.2) is 49.6 Å². The first kappa shape index (κ1) is 21.6. The maximum atomic E-state index is 12.9. The van der Waals surface area contributed by atoms with Gasteiger partial charge in [-0.25, -0.2) is 14.6 Å². The van der Waals surface area contributed by atoms with Crippen LogP contribution in [0.25, 0.3) is 11.0 Å². The van der Waals surface area contributed by atoms with E-state index in [0.29, 0.717) is 5.39 Å². The Bertz CT molecular complexity index is 917. The van der Waals surface area contributed by atoms with Gasteiger partial charge in [0.15, 0.2) is 5.78 Å². The highest BCUT2D eigenvalue weighted by molar-refractivity contribution is 6.28. The highest BCUT2D eigenvalue weighted by Crippen LogP contribution is 2.28. The zero-order valence-corrected chi connectivity index (χ0v) is 17.1. The van der Waals surface area contributed by atoms with E-state index in [1.807, 2.05) is 0 Å². The Labute approximate surface area is 167 Å². The van der Waals surface area contributed by atoms with Gasteiger partial charge in [0.05, 0.1) is 12.6 Å². The van der Waals surface area contributed by atoms with Crippen molar-refractivity contribution in [3.63, 3.8) is 0 Å². The fraction of sp³-hybridized carbons (Fsp3) is 0.500. The standard InChI is InChI=1S/C18H23ClN4O5/c1-9(2)13(12(24)8-21-17(27)28-18(3,4)5)23-11(15(25)26)6-10-7-20-16(19)22-14(10)23/h6-7,9,13H,8H2,1-5H3,(H,21,27)(H,25,26). The second-order valence-corrected chi connectivity index (χ2v) is 7.97. The van der Waals surface area contributed by atoms with Gasteiger partial charge in [0, 0.05) is 11.6 Å². The van der Waals surface area contributed by atoms with Gasteiger partial charge in [0.1, 0.15) is 16.9 Å². The SMILES string of the molecule is CC(C)C(C(=O)CNC(=O)OC(C)(C)C)n1c(C(=O)O)cc2cnc(Cl)nc21. The molecule has 0 fully saturated rings. The summed E-state index contributed by atoms with van der Waals surface area (Å²) in [6.45, 7) is 8.35. The summed E-state index contributed by atoms with van der Waals surface area (Å²) in [7, 11) is 0. The molecular formula is C18H23ClN4O5. The minimum Gasteiger partial charge on any atom is -0.477 e. The summed E-state index contributed by atoms with van der Waals surface area (Å²) in [5.74, 6) is -1.89. The number of Topliss-reactive ketones (excluding diaryl/α,β-unsaturated/α-hetero) is 1. The number of nitrogens with one attached hydrogen (secondary N) is 1.